The number of rotatable bonds is 3. The first kappa shape index (κ1) is 20.8. The van der Waals surface area contributed by atoms with Gasteiger partial charge in [-0.2, -0.15) is 5.10 Å². The second kappa shape index (κ2) is 8.20. The first-order chi connectivity index (χ1) is 16.6. The van der Waals surface area contributed by atoms with Gasteiger partial charge in [-0.1, -0.05) is 36.4 Å². The Morgan fingerprint density at radius 2 is 1.62 bits per heavy atom. The van der Waals surface area contributed by atoms with E-state index >= 15 is 0 Å². The molecule has 3 aliphatic heterocycles. The zero-order valence-electron chi connectivity index (χ0n) is 19.2. The lowest BCUT2D eigenvalue weighted by atomic mass is 9.90. The summed E-state index contributed by atoms with van der Waals surface area (Å²) in [5.41, 5.74) is 2.78. The second-order valence-corrected chi connectivity index (χ2v) is 9.14. The van der Waals surface area contributed by atoms with Gasteiger partial charge in [0, 0.05) is 44.8 Å². The van der Waals surface area contributed by atoms with E-state index in [0.717, 1.165) is 47.8 Å². The largest absolute Gasteiger partial charge is 0.466 e. The van der Waals surface area contributed by atoms with Gasteiger partial charge in [-0.15, -0.1) is 0 Å². The molecule has 0 radical (unpaired) electrons. The van der Waals surface area contributed by atoms with E-state index < -0.39 is 5.72 Å². The van der Waals surface area contributed by atoms with E-state index in [0.29, 0.717) is 13.1 Å². The van der Waals surface area contributed by atoms with E-state index in [1.165, 1.54) is 5.56 Å². The predicted molar refractivity (Wildman–Crippen MR) is 130 cm³/mol. The third kappa shape index (κ3) is 3.59. The normalized spacial score (nSPS) is 20.3. The highest BCUT2D eigenvalue weighted by atomic mass is 16.5. The summed E-state index contributed by atoms with van der Waals surface area (Å²) in [5.74, 6) is 2.67. The summed E-state index contributed by atoms with van der Waals surface area (Å²) in [6, 6.07) is 26.3. The quantitative estimate of drug-likeness (QED) is 0.536. The van der Waals surface area contributed by atoms with Crippen LogP contribution in [0.1, 0.15) is 43.4 Å². The molecule has 0 N–H and O–H groups in total. The van der Waals surface area contributed by atoms with Crippen LogP contribution < -0.4 is 9.47 Å². The Kier molecular flexibility index (Phi) is 5.01. The molecule has 0 saturated carbocycles. The first-order valence-electron chi connectivity index (χ1n) is 11.8. The molecule has 1 amide bonds. The summed E-state index contributed by atoms with van der Waals surface area (Å²) in [7, 11) is 0. The Morgan fingerprint density at radius 1 is 0.941 bits per heavy atom. The number of ether oxygens (including phenoxy) is 2. The van der Waals surface area contributed by atoms with Crippen LogP contribution in [0.25, 0.3) is 0 Å². The van der Waals surface area contributed by atoms with Gasteiger partial charge in [0.05, 0.1) is 11.8 Å². The molecule has 3 heterocycles. The molecule has 6 nitrogen and oxygen atoms in total. The number of carbonyl (C=O) groups excluding carboxylic acids is 1. The van der Waals surface area contributed by atoms with Gasteiger partial charge in [0.15, 0.2) is 0 Å². The zero-order chi connectivity index (χ0) is 23.1. The fourth-order valence-electron chi connectivity index (χ4n) is 5.24. The van der Waals surface area contributed by atoms with Gasteiger partial charge < -0.3 is 14.4 Å². The predicted octanol–water partition coefficient (Wildman–Crippen LogP) is 5.36. The molecule has 1 fully saturated rings. The van der Waals surface area contributed by atoms with Crippen molar-refractivity contribution in [3.05, 3.63) is 90.0 Å². The van der Waals surface area contributed by atoms with Crippen molar-refractivity contribution in [3.8, 4) is 17.2 Å². The van der Waals surface area contributed by atoms with Crippen LogP contribution in [-0.4, -0.2) is 40.3 Å². The van der Waals surface area contributed by atoms with Crippen molar-refractivity contribution in [2.24, 2.45) is 5.10 Å². The summed E-state index contributed by atoms with van der Waals surface area (Å²) in [5, 5.41) is 7.30. The smallest absolute Gasteiger partial charge is 0.219 e. The van der Waals surface area contributed by atoms with Gasteiger partial charge in [0.25, 0.3) is 0 Å². The van der Waals surface area contributed by atoms with E-state index in [2.05, 4.69) is 35.3 Å². The standard InChI is InChI=1S/C28H27N3O3/c1-20(32)30-17-15-28(16-18-30)31-26(24-9-5-6-10-27(24)34-28)19-25(29-31)21-11-13-23(14-12-21)33-22-7-3-2-4-8-22/h2-14,26H,15-19H2,1H3. The number of fused-ring (bicyclic) bond motifs is 4. The van der Waals surface area contributed by atoms with Crippen molar-refractivity contribution in [2.45, 2.75) is 38.0 Å². The molecule has 172 valence electrons. The average molecular weight is 454 g/mol. The van der Waals surface area contributed by atoms with Crippen molar-refractivity contribution in [1.82, 2.24) is 9.91 Å². The average Bonchev–Trinajstić information content (AvgIpc) is 3.33. The number of likely N-dealkylation sites (tertiary alicyclic amines) is 1. The Labute approximate surface area is 199 Å². The first-order valence-corrected chi connectivity index (χ1v) is 11.8. The van der Waals surface area contributed by atoms with E-state index in [4.69, 9.17) is 14.6 Å². The molecular weight excluding hydrogens is 426 g/mol. The van der Waals surface area contributed by atoms with Gasteiger partial charge in [-0.05, 0) is 48.0 Å². The van der Waals surface area contributed by atoms with Crippen LogP contribution in [0, 0.1) is 0 Å². The van der Waals surface area contributed by atoms with Gasteiger partial charge in [-0.25, -0.2) is 5.01 Å². The lowest BCUT2D eigenvalue weighted by Gasteiger charge is -2.51. The highest BCUT2D eigenvalue weighted by Gasteiger charge is 2.52. The van der Waals surface area contributed by atoms with E-state index in [-0.39, 0.29) is 11.9 Å². The Balaban J connectivity index is 1.29. The molecule has 6 rings (SSSR count). The van der Waals surface area contributed by atoms with Crippen LogP contribution in [-0.2, 0) is 4.79 Å². The molecule has 34 heavy (non-hydrogen) atoms. The topological polar surface area (TPSA) is 54.4 Å². The maximum Gasteiger partial charge on any atom is 0.219 e. The summed E-state index contributed by atoms with van der Waals surface area (Å²) < 4.78 is 12.6. The fourth-order valence-corrected chi connectivity index (χ4v) is 5.24. The molecule has 0 aliphatic carbocycles. The van der Waals surface area contributed by atoms with E-state index in [9.17, 15) is 4.79 Å². The molecule has 1 atom stereocenters. The number of nitrogens with zero attached hydrogens (tertiary/aromatic N) is 3. The third-order valence-electron chi connectivity index (χ3n) is 7.06. The SMILES string of the molecule is CC(=O)N1CCC2(CC1)Oc1ccccc1C1CC(c3ccc(Oc4ccccc4)cc3)=NN12. The summed E-state index contributed by atoms with van der Waals surface area (Å²) in [6.45, 7) is 2.99. The fraction of sp³-hybridized carbons (Fsp3) is 0.286. The molecule has 1 unspecified atom stereocenters. The number of para-hydroxylation sites is 2. The number of carbonyl (C=O) groups is 1. The van der Waals surface area contributed by atoms with Gasteiger partial charge in [-0.3, -0.25) is 4.79 Å². The van der Waals surface area contributed by atoms with Crippen molar-refractivity contribution in [2.75, 3.05) is 13.1 Å². The van der Waals surface area contributed by atoms with Crippen LogP contribution in [0.15, 0.2) is 84.0 Å². The minimum atomic E-state index is -0.525. The number of piperidine rings is 1. The van der Waals surface area contributed by atoms with Crippen LogP contribution >= 0.6 is 0 Å². The molecule has 3 aromatic rings. The van der Waals surface area contributed by atoms with E-state index in [1.807, 2.05) is 53.4 Å². The molecular formula is C28H27N3O3. The molecule has 3 aromatic carbocycles. The highest BCUT2D eigenvalue weighted by molar-refractivity contribution is 6.02. The van der Waals surface area contributed by atoms with Crippen molar-refractivity contribution in [1.29, 1.82) is 0 Å². The molecule has 1 saturated heterocycles. The van der Waals surface area contributed by atoms with Crippen molar-refractivity contribution in [3.63, 3.8) is 0 Å². The summed E-state index contributed by atoms with van der Waals surface area (Å²) >= 11 is 0. The minimum absolute atomic E-state index is 0.117. The molecule has 0 bridgehead atoms. The van der Waals surface area contributed by atoms with Crippen LogP contribution in [0.4, 0.5) is 0 Å². The van der Waals surface area contributed by atoms with Crippen molar-refractivity contribution >= 4 is 11.6 Å². The van der Waals surface area contributed by atoms with E-state index in [1.54, 1.807) is 6.92 Å². The monoisotopic (exact) mass is 453 g/mol. The number of hydrazone groups is 1. The molecule has 3 aliphatic rings. The molecule has 0 aromatic heterocycles. The third-order valence-corrected chi connectivity index (χ3v) is 7.06. The van der Waals surface area contributed by atoms with Gasteiger partial charge in [0.1, 0.15) is 17.2 Å². The number of hydrogen-bond donors (Lipinski definition) is 0. The maximum atomic E-state index is 11.9. The van der Waals surface area contributed by atoms with Gasteiger partial charge >= 0.3 is 0 Å². The minimum Gasteiger partial charge on any atom is -0.466 e. The Morgan fingerprint density at radius 3 is 2.35 bits per heavy atom. The molecule has 6 heteroatoms. The summed E-state index contributed by atoms with van der Waals surface area (Å²) in [6.07, 6.45) is 2.29. The maximum absolute atomic E-state index is 11.9. The number of benzene rings is 3. The van der Waals surface area contributed by atoms with Crippen LogP contribution in [0.5, 0.6) is 17.2 Å². The van der Waals surface area contributed by atoms with Crippen molar-refractivity contribution < 1.29 is 14.3 Å². The second-order valence-electron chi connectivity index (χ2n) is 9.14. The Hall–Kier alpha value is -3.80. The molecule has 1 spiro atoms. The van der Waals surface area contributed by atoms with Crippen LogP contribution in [0.2, 0.25) is 0 Å². The number of hydrogen-bond acceptors (Lipinski definition) is 5. The lowest BCUT2D eigenvalue weighted by molar-refractivity contribution is -0.158. The lowest BCUT2D eigenvalue weighted by Crippen LogP contribution is -2.59. The van der Waals surface area contributed by atoms with Crippen LogP contribution in [0.3, 0.4) is 0 Å². The zero-order valence-corrected chi connectivity index (χ0v) is 19.2. The van der Waals surface area contributed by atoms with Gasteiger partial charge in [0.2, 0.25) is 11.6 Å². The summed E-state index contributed by atoms with van der Waals surface area (Å²) in [4.78, 5) is 13.8. The highest BCUT2D eigenvalue weighted by Crippen LogP contribution is 2.49. The number of amides is 1. The Bertz CT molecular complexity index is 1230.